The van der Waals surface area contributed by atoms with E-state index in [1.54, 1.807) is 17.6 Å². The Morgan fingerprint density at radius 3 is 2.19 bits per heavy atom. The minimum atomic E-state index is -5.63. The lowest BCUT2D eigenvalue weighted by Gasteiger charge is -2.13. The molecular formula is C16H8F7N3O. The highest BCUT2D eigenvalue weighted by atomic mass is 19.4. The van der Waals surface area contributed by atoms with E-state index >= 15 is 0 Å². The van der Waals surface area contributed by atoms with Crippen LogP contribution < -0.4 is 10.2 Å². The molecule has 2 rings (SSSR count). The molecule has 0 bridgehead atoms. The van der Waals surface area contributed by atoms with Gasteiger partial charge in [0.15, 0.2) is 29.9 Å². The first kappa shape index (κ1) is 20.0. The molecular weight excluding hydrogens is 383 g/mol. The Morgan fingerprint density at radius 2 is 1.63 bits per heavy atom. The van der Waals surface area contributed by atoms with Crippen LogP contribution in [0, 0.1) is 34.6 Å². The van der Waals surface area contributed by atoms with Crippen molar-refractivity contribution in [2.24, 2.45) is 5.10 Å². The number of nitriles is 1. The average Bonchev–Trinajstić information content (AvgIpc) is 2.61. The molecule has 2 aromatic rings. The minimum Gasteiger partial charge on any atom is -0.478 e. The van der Waals surface area contributed by atoms with Crippen LogP contribution in [-0.2, 0) is 6.18 Å². The molecule has 0 unspecified atom stereocenters. The highest BCUT2D eigenvalue weighted by Gasteiger charge is 2.42. The predicted molar refractivity (Wildman–Crippen MR) is 80.0 cm³/mol. The Labute approximate surface area is 147 Å². The van der Waals surface area contributed by atoms with Gasteiger partial charge in [0.2, 0.25) is 0 Å². The number of rotatable bonds is 5. The molecule has 0 amide bonds. The van der Waals surface area contributed by atoms with Gasteiger partial charge in [-0.3, -0.25) is 5.43 Å². The molecule has 0 aliphatic rings. The second kappa shape index (κ2) is 7.94. The van der Waals surface area contributed by atoms with Crippen LogP contribution in [0.4, 0.5) is 36.4 Å². The Hall–Kier alpha value is -3.29. The molecule has 0 aliphatic carbocycles. The van der Waals surface area contributed by atoms with Crippen molar-refractivity contribution >= 4 is 11.9 Å². The van der Waals surface area contributed by atoms with Crippen molar-refractivity contribution in [3.63, 3.8) is 0 Å². The SMILES string of the molecule is N#CCOc1ccccc1/C=N/Nc1c(F)c(F)c(C(F)(F)F)c(F)c1F. The topological polar surface area (TPSA) is 57.4 Å². The second-order valence-corrected chi connectivity index (χ2v) is 4.86. The van der Waals surface area contributed by atoms with Gasteiger partial charge in [0.1, 0.15) is 23.1 Å². The summed E-state index contributed by atoms with van der Waals surface area (Å²) in [4.78, 5) is 0. The third-order valence-corrected chi connectivity index (χ3v) is 3.14. The van der Waals surface area contributed by atoms with E-state index in [0.29, 0.717) is 0 Å². The molecule has 27 heavy (non-hydrogen) atoms. The zero-order valence-corrected chi connectivity index (χ0v) is 13.0. The number of hydrazone groups is 1. The molecule has 11 heteroatoms. The lowest BCUT2D eigenvalue weighted by Crippen LogP contribution is -2.16. The maximum atomic E-state index is 13.7. The van der Waals surface area contributed by atoms with Crippen LogP contribution in [-0.4, -0.2) is 12.8 Å². The maximum Gasteiger partial charge on any atom is 0.422 e. The van der Waals surface area contributed by atoms with Crippen LogP contribution in [0.1, 0.15) is 11.1 Å². The zero-order valence-electron chi connectivity index (χ0n) is 13.0. The number of nitrogens with one attached hydrogen (secondary N) is 1. The predicted octanol–water partition coefficient (Wildman–Crippen LogP) is 4.61. The van der Waals surface area contributed by atoms with Gasteiger partial charge in [-0.15, -0.1) is 0 Å². The number of anilines is 1. The molecule has 142 valence electrons. The van der Waals surface area contributed by atoms with E-state index in [1.165, 1.54) is 18.2 Å². The number of nitrogens with zero attached hydrogens (tertiary/aromatic N) is 2. The van der Waals surface area contributed by atoms with Crippen molar-refractivity contribution in [1.82, 2.24) is 0 Å². The van der Waals surface area contributed by atoms with Gasteiger partial charge < -0.3 is 4.74 Å². The van der Waals surface area contributed by atoms with Gasteiger partial charge in [0.25, 0.3) is 0 Å². The summed E-state index contributed by atoms with van der Waals surface area (Å²) in [6, 6.07) is 7.66. The first-order valence-electron chi connectivity index (χ1n) is 6.99. The van der Waals surface area contributed by atoms with Gasteiger partial charge in [0, 0.05) is 5.56 Å². The summed E-state index contributed by atoms with van der Waals surface area (Å²) < 4.78 is 97.1. The van der Waals surface area contributed by atoms with E-state index in [9.17, 15) is 30.7 Å². The molecule has 0 saturated heterocycles. The quantitative estimate of drug-likeness (QED) is 0.351. The van der Waals surface area contributed by atoms with Crippen molar-refractivity contribution < 1.29 is 35.5 Å². The van der Waals surface area contributed by atoms with Gasteiger partial charge in [-0.05, 0) is 12.1 Å². The van der Waals surface area contributed by atoms with Crippen LogP contribution in [0.25, 0.3) is 0 Å². The van der Waals surface area contributed by atoms with E-state index in [-0.39, 0.29) is 17.9 Å². The van der Waals surface area contributed by atoms with Crippen molar-refractivity contribution in [3.8, 4) is 11.8 Å². The average molecular weight is 391 g/mol. The third kappa shape index (κ3) is 4.28. The molecule has 0 atom stereocenters. The number of para-hydroxylation sites is 1. The van der Waals surface area contributed by atoms with Gasteiger partial charge in [-0.2, -0.15) is 23.5 Å². The van der Waals surface area contributed by atoms with Gasteiger partial charge >= 0.3 is 6.18 Å². The highest BCUT2D eigenvalue weighted by molar-refractivity contribution is 5.84. The molecule has 0 saturated carbocycles. The van der Waals surface area contributed by atoms with Crippen molar-refractivity contribution in [2.75, 3.05) is 12.0 Å². The molecule has 0 spiro atoms. The Balaban J connectivity index is 2.35. The normalized spacial score (nSPS) is 11.5. The molecule has 0 radical (unpaired) electrons. The number of halogens is 7. The Morgan fingerprint density at radius 1 is 1.04 bits per heavy atom. The summed E-state index contributed by atoms with van der Waals surface area (Å²) in [5.74, 6) is -9.61. The summed E-state index contributed by atoms with van der Waals surface area (Å²) in [5.41, 5.74) is -2.37. The zero-order chi connectivity index (χ0) is 20.2. The highest BCUT2D eigenvalue weighted by Crippen LogP contribution is 2.38. The van der Waals surface area contributed by atoms with Gasteiger partial charge in [0.05, 0.1) is 6.21 Å². The lowest BCUT2D eigenvalue weighted by molar-refractivity contribution is -0.143. The molecule has 0 heterocycles. The number of alkyl halides is 3. The number of hydrogen-bond donors (Lipinski definition) is 1. The van der Waals surface area contributed by atoms with E-state index in [1.807, 2.05) is 0 Å². The molecule has 2 aromatic carbocycles. The Bertz CT molecular complexity index is 890. The first-order chi connectivity index (χ1) is 12.7. The third-order valence-electron chi connectivity index (χ3n) is 3.14. The monoisotopic (exact) mass is 391 g/mol. The summed E-state index contributed by atoms with van der Waals surface area (Å²) in [5, 5.41) is 11.8. The second-order valence-electron chi connectivity index (χ2n) is 4.86. The van der Waals surface area contributed by atoms with Gasteiger partial charge in [-0.25, -0.2) is 17.6 Å². The summed E-state index contributed by atoms with van der Waals surface area (Å²) >= 11 is 0. The van der Waals surface area contributed by atoms with Crippen molar-refractivity contribution in [1.29, 1.82) is 5.26 Å². The van der Waals surface area contributed by atoms with E-state index in [4.69, 9.17) is 10.00 Å². The van der Waals surface area contributed by atoms with Crippen molar-refractivity contribution in [3.05, 3.63) is 58.7 Å². The van der Waals surface area contributed by atoms with Crippen LogP contribution >= 0.6 is 0 Å². The lowest BCUT2D eigenvalue weighted by atomic mass is 10.1. The summed E-state index contributed by atoms with van der Waals surface area (Å²) in [6.45, 7) is -0.309. The summed E-state index contributed by atoms with van der Waals surface area (Å²) in [6.07, 6.45) is -4.70. The summed E-state index contributed by atoms with van der Waals surface area (Å²) in [7, 11) is 0. The molecule has 1 N–H and O–H groups in total. The standard InChI is InChI=1S/C16H8F7N3O/c17-11-10(16(21,22)23)12(18)14(20)15(13(11)19)26-25-7-8-3-1-2-4-9(8)27-6-5-24/h1-4,7,26H,6H2/b25-7+. The molecule has 0 aliphatic heterocycles. The van der Waals surface area contributed by atoms with Gasteiger partial charge in [-0.1, -0.05) is 12.1 Å². The number of hydrogen-bond acceptors (Lipinski definition) is 4. The number of ether oxygens (including phenoxy) is 1. The van der Waals surface area contributed by atoms with Crippen LogP contribution in [0.15, 0.2) is 29.4 Å². The fourth-order valence-corrected chi connectivity index (χ4v) is 1.97. The molecule has 0 fully saturated rings. The largest absolute Gasteiger partial charge is 0.478 e. The minimum absolute atomic E-state index is 0.162. The smallest absolute Gasteiger partial charge is 0.422 e. The van der Waals surface area contributed by atoms with Crippen molar-refractivity contribution in [2.45, 2.75) is 6.18 Å². The van der Waals surface area contributed by atoms with E-state index < -0.39 is 40.7 Å². The number of benzene rings is 2. The van der Waals surface area contributed by atoms with E-state index in [2.05, 4.69) is 5.10 Å². The molecule has 0 aromatic heterocycles. The van der Waals surface area contributed by atoms with Crippen LogP contribution in [0.5, 0.6) is 5.75 Å². The fourth-order valence-electron chi connectivity index (χ4n) is 1.97. The van der Waals surface area contributed by atoms with Crippen LogP contribution in [0.3, 0.4) is 0 Å². The Kier molecular flexibility index (Phi) is 5.89. The molecule has 4 nitrogen and oxygen atoms in total. The van der Waals surface area contributed by atoms with Crippen LogP contribution in [0.2, 0.25) is 0 Å². The maximum absolute atomic E-state index is 13.7. The first-order valence-corrected chi connectivity index (χ1v) is 6.99. The fraction of sp³-hybridized carbons (Fsp3) is 0.125. The van der Waals surface area contributed by atoms with E-state index in [0.717, 1.165) is 6.21 Å².